The zero-order chi connectivity index (χ0) is 21.3. The van der Waals surface area contributed by atoms with Crippen molar-refractivity contribution in [3.8, 4) is 11.5 Å². The summed E-state index contributed by atoms with van der Waals surface area (Å²) in [4.78, 5) is 17.0. The van der Waals surface area contributed by atoms with Crippen molar-refractivity contribution in [2.24, 2.45) is 4.99 Å². The molecule has 0 bridgehead atoms. The smallest absolute Gasteiger partial charge is 0.345 e. The van der Waals surface area contributed by atoms with Crippen LogP contribution in [-0.2, 0) is 19.5 Å². The van der Waals surface area contributed by atoms with Gasteiger partial charge in [-0.25, -0.2) is 9.48 Å². The number of hydrogen-bond acceptors (Lipinski definition) is 5. The van der Waals surface area contributed by atoms with Crippen molar-refractivity contribution in [2.45, 2.75) is 52.6 Å². The van der Waals surface area contributed by atoms with E-state index in [-0.39, 0.29) is 29.7 Å². The molecule has 10 heteroatoms. The lowest BCUT2D eigenvalue weighted by Crippen LogP contribution is -2.31. The molecule has 1 aromatic carbocycles. The second kappa shape index (κ2) is 12.6. The van der Waals surface area contributed by atoms with Crippen LogP contribution in [0.15, 0.2) is 28.0 Å². The molecular formula is C21H33IN6O3. The molecule has 2 N–H and O–H groups in total. The van der Waals surface area contributed by atoms with Crippen molar-refractivity contribution in [2.75, 3.05) is 32.1 Å². The summed E-state index contributed by atoms with van der Waals surface area (Å²) in [6, 6.07) is 5.68. The molecule has 0 amide bonds. The van der Waals surface area contributed by atoms with E-state index in [0.717, 1.165) is 50.3 Å². The monoisotopic (exact) mass is 544 g/mol. The maximum Gasteiger partial charge on any atom is 0.345 e. The summed E-state index contributed by atoms with van der Waals surface area (Å²) in [7, 11) is 1.62. The SMILES string of the molecule is CCNC(=NCCCn1nc2n(c1=O)CCCC2)Nc1ccc(OC)c(OCC)c1.I. The Labute approximate surface area is 200 Å². The fourth-order valence-electron chi connectivity index (χ4n) is 3.47. The molecule has 1 aliphatic heterocycles. The number of nitrogens with zero attached hydrogens (tertiary/aromatic N) is 4. The van der Waals surface area contributed by atoms with Crippen LogP contribution in [0.2, 0.25) is 0 Å². The average Bonchev–Trinajstić information content (AvgIpc) is 3.07. The fourth-order valence-corrected chi connectivity index (χ4v) is 3.47. The maximum atomic E-state index is 12.4. The fraction of sp³-hybridized carbons (Fsp3) is 0.571. The average molecular weight is 544 g/mol. The molecule has 0 fully saturated rings. The van der Waals surface area contributed by atoms with E-state index in [1.807, 2.05) is 32.0 Å². The van der Waals surface area contributed by atoms with E-state index in [1.54, 1.807) is 16.4 Å². The van der Waals surface area contributed by atoms with Gasteiger partial charge in [-0.05, 0) is 45.2 Å². The molecule has 1 aromatic heterocycles. The van der Waals surface area contributed by atoms with E-state index in [0.29, 0.717) is 37.2 Å². The van der Waals surface area contributed by atoms with Crippen LogP contribution in [0.25, 0.3) is 0 Å². The minimum Gasteiger partial charge on any atom is -0.493 e. The molecule has 3 rings (SSSR count). The number of ether oxygens (including phenoxy) is 2. The summed E-state index contributed by atoms with van der Waals surface area (Å²) < 4.78 is 14.4. The standard InChI is InChI=1S/C21H32N6O3.HI/c1-4-22-20(24-16-10-11-17(29-3)18(15-16)30-5-2)23-12-8-14-27-21(28)26-13-7-6-9-19(26)25-27;/h10-11,15H,4-9,12-14H2,1-3H3,(H2,22,23,24);1H. The van der Waals surface area contributed by atoms with Gasteiger partial charge in [0.15, 0.2) is 17.5 Å². The third kappa shape index (κ3) is 6.62. The van der Waals surface area contributed by atoms with E-state index >= 15 is 0 Å². The van der Waals surface area contributed by atoms with Crippen molar-refractivity contribution in [1.29, 1.82) is 0 Å². The van der Waals surface area contributed by atoms with Gasteiger partial charge in [0.05, 0.1) is 13.7 Å². The van der Waals surface area contributed by atoms with Crippen LogP contribution in [-0.4, -0.2) is 47.1 Å². The highest BCUT2D eigenvalue weighted by molar-refractivity contribution is 14.0. The molecule has 0 saturated carbocycles. The number of nitrogens with one attached hydrogen (secondary N) is 2. The van der Waals surface area contributed by atoms with E-state index in [9.17, 15) is 4.79 Å². The van der Waals surface area contributed by atoms with Crippen LogP contribution in [0, 0.1) is 0 Å². The number of aliphatic imine (C=N–C) groups is 1. The van der Waals surface area contributed by atoms with Gasteiger partial charge in [0.2, 0.25) is 0 Å². The first-order valence-corrected chi connectivity index (χ1v) is 10.7. The van der Waals surface area contributed by atoms with Crippen LogP contribution in [0.4, 0.5) is 5.69 Å². The van der Waals surface area contributed by atoms with Crippen LogP contribution >= 0.6 is 24.0 Å². The molecule has 0 radical (unpaired) electrons. The van der Waals surface area contributed by atoms with Crippen LogP contribution in [0.5, 0.6) is 11.5 Å². The van der Waals surface area contributed by atoms with E-state index in [2.05, 4.69) is 20.7 Å². The predicted octanol–water partition coefficient (Wildman–Crippen LogP) is 2.87. The van der Waals surface area contributed by atoms with Crippen molar-refractivity contribution >= 4 is 35.6 Å². The lowest BCUT2D eigenvalue weighted by Gasteiger charge is -2.14. The predicted molar refractivity (Wildman–Crippen MR) is 133 cm³/mol. The zero-order valence-electron chi connectivity index (χ0n) is 18.5. The summed E-state index contributed by atoms with van der Waals surface area (Å²) in [6.45, 7) is 7.20. The van der Waals surface area contributed by atoms with Crippen molar-refractivity contribution in [3.63, 3.8) is 0 Å². The lowest BCUT2D eigenvalue weighted by molar-refractivity contribution is 0.311. The largest absolute Gasteiger partial charge is 0.493 e. The van der Waals surface area contributed by atoms with Crippen molar-refractivity contribution in [3.05, 3.63) is 34.5 Å². The van der Waals surface area contributed by atoms with Gasteiger partial charge < -0.3 is 20.1 Å². The Morgan fingerprint density at radius 1 is 1.26 bits per heavy atom. The molecule has 0 spiro atoms. The Kier molecular flexibility index (Phi) is 10.2. The molecule has 1 aliphatic rings. The number of anilines is 1. The highest BCUT2D eigenvalue weighted by Crippen LogP contribution is 2.30. The molecular weight excluding hydrogens is 511 g/mol. The summed E-state index contributed by atoms with van der Waals surface area (Å²) in [5, 5.41) is 11.0. The normalized spacial score (nSPS) is 13.2. The topological polar surface area (TPSA) is 94.7 Å². The summed E-state index contributed by atoms with van der Waals surface area (Å²) >= 11 is 0. The molecule has 0 atom stereocenters. The molecule has 0 aliphatic carbocycles. The zero-order valence-corrected chi connectivity index (χ0v) is 20.8. The van der Waals surface area contributed by atoms with Crippen molar-refractivity contribution < 1.29 is 9.47 Å². The number of hydrogen-bond donors (Lipinski definition) is 2. The summed E-state index contributed by atoms with van der Waals surface area (Å²) in [5.74, 6) is 2.97. The summed E-state index contributed by atoms with van der Waals surface area (Å²) in [6.07, 6.45) is 3.78. The van der Waals surface area contributed by atoms with Gasteiger partial charge in [0.1, 0.15) is 5.82 Å². The number of aromatic nitrogens is 3. The van der Waals surface area contributed by atoms with Crippen molar-refractivity contribution in [1.82, 2.24) is 19.7 Å². The number of aryl methyl sites for hydroxylation is 2. The maximum absolute atomic E-state index is 12.4. The van der Waals surface area contributed by atoms with E-state index in [4.69, 9.17) is 9.47 Å². The Hall–Kier alpha value is -2.24. The highest BCUT2D eigenvalue weighted by atomic mass is 127. The van der Waals surface area contributed by atoms with Gasteiger partial charge in [0, 0.05) is 44.4 Å². The Morgan fingerprint density at radius 2 is 2.10 bits per heavy atom. The Balaban J connectivity index is 0.00000341. The number of halogens is 1. The van der Waals surface area contributed by atoms with E-state index in [1.165, 1.54) is 0 Å². The highest BCUT2D eigenvalue weighted by Gasteiger charge is 2.16. The first-order chi connectivity index (χ1) is 14.7. The molecule has 172 valence electrons. The van der Waals surface area contributed by atoms with Crippen LogP contribution < -0.4 is 25.8 Å². The first-order valence-electron chi connectivity index (χ1n) is 10.7. The van der Waals surface area contributed by atoms with Crippen LogP contribution in [0.1, 0.15) is 38.9 Å². The van der Waals surface area contributed by atoms with Gasteiger partial charge in [-0.3, -0.25) is 9.56 Å². The van der Waals surface area contributed by atoms with E-state index < -0.39 is 0 Å². The second-order valence-corrected chi connectivity index (χ2v) is 7.07. The number of benzene rings is 1. The van der Waals surface area contributed by atoms with Gasteiger partial charge in [-0.15, -0.1) is 24.0 Å². The minimum atomic E-state index is 0. The number of fused-ring (bicyclic) bond motifs is 1. The number of rotatable bonds is 9. The number of methoxy groups -OCH3 is 1. The molecule has 9 nitrogen and oxygen atoms in total. The Bertz CT molecular complexity index is 924. The molecule has 0 unspecified atom stereocenters. The van der Waals surface area contributed by atoms with Gasteiger partial charge in [0.25, 0.3) is 0 Å². The van der Waals surface area contributed by atoms with Gasteiger partial charge in [-0.1, -0.05) is 0 Å². The molecule has 0 saturated heterocycles. The minimum absolute atomic E-state index is 0. The third-order valence-electron chi connectivity index (χ3n) is 4.90. The van der Waals surface area contributed by atoms with Crippen LogP contribution in [0.3, 0.4) is 0 Å². The first kappa shape index (κ1) is 25.0. The summed E-state index contributed by atoms with van der Waals surface area (Å²) in [5.41, 5.74) is 0.859. The Morgan fingerprint density at radius 3 is 2.81 bits per heavy atom. The van der Waals surface area contributed by atoms with Gasteiger partial charge >= 0.3 is 5.69 Å². The molecule has 2 aromatic rings. The quantitative estimate of drug-likeness (QED) is 0.218. The number of guanidine groups is 1. The third-order valence-corrected chi connectivity index (χ3v) is 4.90. The molecule has 2 heterocycles. The van der Waals surface area contributed by atoms with Gasteiger partial charge in [-0.2, -0.15) is 5.10 Å². The lowest BCUT2D eigenvalue weighted by atomic mass is 10.2. The second-order valence-electron chi connectivity index (χ2n) is 7.07. The molecule has 31 heavy (non-hydrogen) atoms.